The maximum absolute atomic E-state index is 11.7. The number of carbonyl (C=O) groups is 1. The molecular formula is C11H22ClNO2. The van der Waals surface area contributed by atoms with Gasteiger partial charge in [0.1, 0.15) is 5.60 Å². The molecule has 0 bridgehead atoms. The highest BCUT2D eigenvalue weighted by Gasteiger charge is 2.35. The van der Waals surface area contributed by atoms with Crippen molar-refractivity contribution >= 4 is 18.2 Å². The zero-order chi connectivity index (χ0) is 10.6. The summed E-state index contributed by atoms with van der Waals surface area (Å²) in [4.78, 5) is 13.7. The summed E-state index contributed by atoms with van der Waals surface area (Å²) >= 11 is 0. The van der Waals surface area contributed by atoms with E-state index in [2.05, 4.69) is 0 Å². The number of halogens is 1. The fourth-order valence-electron chi connectivity index (χ4n) is 1.97. The molecule has 0 saturated heterocycles. The third kappa shape index (κ3) is 4.49. The second kappa shape index (κ2) is 6.46. The lowest BCUT2D eigenvalue weighted by Gasteiger charge is -2.30. The lowest BCUT2D eigenvalue weighted by Crippen LogP contribution is -2.41. The summed E-state index contributed by atoms with van der Waals surface area (Å²) in [5, 5.41) is 10.1. The molecule has 1 saturated carbocycles. The van der Waals surface area contributed by atoms with Crippen molar-refractivity contribution in [2.24, 2.45) is 0 Å². The maximum Gasteiger partial charge on any atom is 0.165 e. The second-order valence-corrected chi connectivity index (χ2v) is 4.57. The molecule has 15 heavy (non-hydrogen) atoms. The molecule has 0 heterocycles. The minimum Gasteiger partial charge on any atom is -0.382 e. The van der Waals surface area contributed by atoms with Crippen molar-refractivity contribution in [3.63, 3.8) is 0 Å². The van der Waals surface area contributed by atoms with E-state index in [9.17, 15) is 9.90 Å². The number of ketones is 1. The van der Waals surface area contributed by atoms with Gasteiger partial charge in [-0.05, 0) is 26.9 Å². The predicted molar refractivity (Wildman–Crippen MR) is 63.5 cm³/mol. The lowest BCUT2D eigenvalue weighted by molar-refractivity contribution is -0.140. The number of hydrogen-bond donors (Lipinski definition) is 1. The Morgan fingerprint density at radius 3 is 2.27 bits per heavy atom. The van der Waals surface area contributed by atoms with Gasteiger partial charge in [-0.1, -0.05) is 19.3 Å². The first-order valence-electron chi connectivity index (χ1n) is 5.45. The molecule has 0 aromatic carbocycles. The predicted octanol–water partition coefficient (Wildman–Crippen LogP) is 1.62. The van der Waals surface area contributed by atoms with Gasteiger partial charge < -0.3 is 10.0 Å². The smallest absolute Gasteiger partial charge is 0.165 e. The van der Waals surface area contributed by atoms with Crippen LogP contribution >= 0.6 is 12.4 Å². The van der Waals surface area contributed by atoms with Crippen molar-refractivity contribution in [3.8, 4) is 0 Å². The summed E-state index contributed by atoms with van der Waals surface area (Å²) in [5.41, 5.74) is -0.992. The highest BCUT2D eigenvalue weighted by Crippen LogP contribution is 2.29. The van der Waals surface area contributed by atoms with Crippen molar-refractivity contribution in [1.82, 2.24) is 4.90 Å². The van der Waals surface area contributed by atoms with Crippen LogP contribution in [-0.4, -0.2) is 42.0 Å². The van der Waals surface area contributed by atoms with Crippen molar-refractivity contribution in [3.05, 3.63) is 0 Å². The molecule has 1 N–H and O–H groups in total. The quantitative estimate of drug-likeness (QED) is 0.805. The SMILES string of the molecule is CN(C)CCC(=O)C1(O)CCCCC1.Cl. The average Bonchev–Trinajstić information content (AvgIpc) is 2.15. The van der Waals surface area contributed by atoms with Crippen LogP contribution in [0.2, 0.25) is 0 Å². The molecule has 1 fully saturated rings. The molecule has 0 aromatic rings. The molecular weight excluding hydrogens is 214 g/mol. The topological polar surface area (TPSA) is 40.5 Å². The summed E-state index contributed by atoms with van der Waals surface area (Å²) in [6, 6.07) is 0. The van der Waals surface area contributed by atoms with Gasteiger partial charge in [0.15, 0.2) is 5.78 Å². The van der Waals surface area contributed by atoms with E-state index >= 15 is 0 Å². The molecule has 1 aliphatic carbocycles. The molecule has 0 amide bonds. The Morgan fingerprint density at radius 1 is 1.27 bits per heavy atom. The van der Waals surface area contributed by atoms with Crippen LogP contribution in [0.1, 0.15) is 38.5 Å². The van der Waals surface area contributed by atoms with Crippen LogP contribution in [0.25, 0.3) is 0 Å². The number of rotatable bonds is 4. The Balaban J connectivity index is 0.00000196. The summed E-state index contributed by atoms with van der Waals surface area (Å²) in [5.74, 6) is 0.0332. The van der Waals surface area contributed by atoms with Gasteiger partial charge in [-0.15, -0.1) is 12.4 Å². The van der Waals surface area contributed by atoms with Crippen LogP contribution in [0.15, 0.2) is 0 Å². The van der Waals surface area contributed by atoms with E-state index in [1.807, 2.05) is 19.0 Å². The van der Waals surface area contributed by atoms with E-state index in [1.165, 1.54) is 0 Å². The van der Waals surface area contributed by atoms with Crippen LogP contribution in [0.5, 0.6) is 0 Å². The molecule has 1 aliphatic rings. The molecule has 0 spiro atoms. The fraction of sp³-hybridized carbons (Fsp3) is 0.909. The number of Topliss-reactive ketones (excluding diaryl/α,β-unsaturated/α-hetero) is 1. The largest absolute Gasteiger partial charge is 0.382 e. The third-order valence-corrected chi connectivity index (χ3v) is 2.99. The number of nitrogens with zero attached hydrogens (tertiary/aromatic N) is 1. The molecule has 0 radical (unpaired) electrons. The summed E-state index contributed by atoms with van der Waals surface area (Å²) in [6.45, 7) is 0.737. The van der Waals surface area contributed by atoms with Gasteiger partial charge in [-0.25, -0.2) is 0 Å². The van der Waals surface area contributed by atoms with E-state index < -0.39 is 5.60 Å². The summed E-state index contributed by atoms with van der Waals surface area (Å²) in [7, 11) is 3.89. The third-order valence-electron chi connectivity index (χ3n) is 2.99. The van der Waals surface area contributed by atoms with Gasteiger partial charge >= 0.3 is 0 Å². The molecule has 90 valence electrons. The lowest BCUT2D eigenvalue weighted by atomic mass is 9.81. The Morgan fingerprint density at radius 2 is 1.80 bits per heavy atom. The Kier molecular flexibility index (Phi) is 6.41. The zero-order valence-corrected chi connectivity index (χ0v) is 10.5. The van der Waals surface area contributed by atoms with Crippen LogP contribution in [-0.2, 0) is 4.79 Å². The van der Waals surface area contributed by atoms with E-state index in [-0.39, 0.29) is 18.2 Å². The minimum atomic E-state index is -0.992. The number of carbonyl (C=O) groups excluding carboxylic acids is 1. The Hall–Kier alpha value is -0.120. The van der Waals surface area contributed by atoms with Crippen molar-refractivity contribution in [2.45, 2.75) is 44.1 Å². The van der Waals surface area contributed by atoms with Gasteiger partial charge in [0.2, 0.25) is 0 Å². The van der Waals surface area contributed by atoms with Gasteiger partial charge in [-0.3, -0.25) is 4.79 Å². The van der Waals surface area contributed by atoms with E-state index in [4.69, 9.17) is 0 Å². The molecule has 0 atom stereocenters. The molecule has 1 rings (SSSR count). The number of hydrogen-bond acceptors (Lipinski definition) is 3. The molecule has 0 aliphatic heterocycles. The van der Waals surface area contributed by atoms with Gasteiger partial charge in [-0.2, -0.15) is 0 Å². The van der Waals surface area contributed by atoms with Crippen LogP contribution in [0.3, 0.4) is 0 Å². The highest BCUT2D eigenvalue weighted by atomic mass is 35.5. The van der Waals surface area contributed by atoms with Crippen molar-refractivity contribution in [1.29, 1.82) is 0 Å². The Bertz CT molecular complexity index is 201. The minimum absolute atomic E-state index is 0. The zero-order valence-electron chi connectivity index (χ0n) is 9.66. The molecule has 4 heteroatoms. The first-order chi connectivity index (χ1) is 6.54. The van der Waals surface area contributed by atoms with E-state index in [0.717, 1.165) is 25.8 Å². The first kappa shape index (κ1) is 14.9. The average molecular weight is 236 g/mol. The molecule has 0 unspecified atom stereocenters. The molecule has 3 nitrogen and oxygen atoms in total. The van der Waals surface area contributed by atoms with E-state index in [0.29, 0.717) is 19.3 Å². The standard InChI is InChI=1S/C11H21NO2.ClH/c1-12(2)9-6-10(13)11(14)7-4-3-5-8-11;/h14H,3-9H2,1-2H3;1H. The maximum atomic E-state index is 11.7. The van der Waals surface area contributed by atoms with Gasteiger partial charge in [0, 0.05) is 13.0 Å². The second-order valence-electron chi connectivity index (χ2n) is 4.57. The monoisotopic (exact) mass is 235 g/mol. The van der Waals surface area contributed by atoms with Gasteiger partial charge in [0.05, 0.1) is 0 Å². The summed E-state index contributed by atoms with van der Waals surface area (Å²) in [6.07, 6.45) is 4.94. The van der Waals surface area contributed by atoms with Gasteiger partial charge in [0.25, 0.3) is 0 Å². The highest BCUT2D eigenvalue weighted by molar-refractivity contribution is 5.87. The van der Waals surface area contributed by atoms with Crippen molar-refractivity contribution < 1.29 is 9.90 Å². The van der Waals surface area contributed by atoms with Crippen LogP contribution < -0.4 is 0 Å². The van der Waals surface area contributed by atoms with Crippen molar-refractivity contribution in [2.75, 3.05) is 20.6 Å². The van der Waals surface area contributed by atoms with E-state index in [1.54, 1.807) is 0 Å². The number of aliphatic hydroxyl groups is 1. The Labute approximate surface area is 98.3 Å². The normalized spacial score (nSPS) is 19.7. The molecule has 0 aromatic heterocycles. The fourth-order valence-corrected chi connectivity index (χ4v) is 1.97. The van der Waals surface area contributed by atoms with Crippen LogP contribution in [0.4, 0.5) is 0 Å². The first-order valence-corrected chi connectivity index (χ1v) is 5.45. The summed E-state index contributed by atoms with van der Waals surface area (Å²) < 4.78 is 0. The van der Waals surface area contributed by atoms with Crippen LogP contribution in [0, 0.1) is 0 Å².